The molecule has 0 saturated heterocycles. The molecule has 6 nitrogen and oxygen atoms in total. The lowest BCUT2D eigenvalue weighted by Gasteiger charge is -2.08. The van der Waals surface area contributed by atoms with E-state index < -0.39 is 5.82 Å². The summed E-state index contributed by atoms with van der Waals surface area (Å²) in [4.78, 5) is 16.7. The predicted octanol–water partition coefficient (Wildman–Crippen LogP) is 4.16. The number of nitrogens with zero attached hydrogens (tertiary/aromatic N) is 1. The first-order valence-electron chi connectivity index (χ1n) is 8.34. The van der Waals surface area contributed by atoms with Gasteiger partial charge in [-0.2, -0.15) is 0 Å². The third-order valence-electron chi connectivity index (χ3n) is 4.01. The van der Waals surface area contributed by atoms with E-state index >= 15 is 0 Å². The van der Waals surface area contributed by atoms with Crippen LogP contribution in [0.4, 0.5) is 9.52 Å². The van der Waals surface area contributed by atoms with E-state index in [2.05, 4.69) is 10.3 Å². The lowest BCUT2D eigenvalue weighted by atomic mass is 10.1. The number of hydrogen-bond donors (Lipinski definition) is 1. The molecular weight excluding hydrogens is 383 g/mol. The Morgan fingerprint density at radius 1 is 1.04 bits per heavy atom. The fourth-order valence-electron chi connectivity index (χ4n) is 2.63. The number of nitrogens with one attached hydrogen (secondary N) is 1. The van der Waals surface area contributed by atoms with Gasteiger partial charge in [0.1, 0.15) is 0 Å². The van der Waals surface area contributed by atoms with Crippen molar-refractivity contribution in [1.29, 1.82) is 0 Å². The molecule has 0 unspecified atom stereocenters. The topological polar surface area (TPSA) is 69.7 Å². The van der Waals surface area contributed by atoms with Crippen LogP contribution < -0.4 is 19.5 Å². The minimum atomic E-state index is -0.502. The van der Waals surface area contributed by atoms with E-state index in [1.54, 1.807) is 26.4 Å². The SMILES string of the molecule is COc1ccc(CC(=O)Nc2nc(-c3ccc(OC)c(OC)c3)cs2)cc1F. The van der Waals surface area contributed by atoms with Gasteiger partial charge in [-0.3, -0.25) is 4.79 Å². The second kappa shape index (κ2) is 8.71. The minimum Gasteiger partial charge on any atom is -0.494 e. The molecule has 0 fully saturated rings. The first-order chi connectivity index (χ1) is 13.5. The number of methoxy groups -OCH3 is 3. The number of carbonyl (C=O) groups is 1. The molecule has 0 aliphatic heterocycles. The fraction of sp³-hybridized carbons (Fsp3) is 0.200. The number of rotatable bonds is 7. The molecule has 0 aliphatic carbocycles. The molecule has 1 N–H and O–H groups in total. The quantitative estimate of drug-likeness (QED) is 0.643. The maximum absolute atomic E-state index is 13.7. The van der Waals surface area contributed by atoms with Crippen molar-refractivity contribution in [2.75, 3.05) is 26.6 Å². The molecule has 2 aromatic carbocycles. The fourth-order valence-corrected chi connectivity index (χ4v) is 3.36. The van der Waals surface area contributed by atoms with Gasteiger partial charge in [-0.05, 0) is 35.9 Å². The van der Waals surface area contributed by atoms with E-state index in [0.717, 1.165) is 5.56 Å². The van der Waals surface area contributed by atoms with E-state index in [0.29, 0.717) is 27.9 Å². The Hall–Kier alpha value is -3.13. The highest BCUT2D eigenvalue weighted by molar-refractivity contribution is 7.14. The summed E-state index contributed by atoms with van der Waals surface area (Å²) in [6.45, 7) is 0. The van der Waals surface area contributed by atoms with Crippen molar-refractivity contribution in [2.45, 2.75) is 6.42 Å². The second-order valence-corrected chi connectivity index (χ2v) is 6.66. The molecule has 0 aliphatic rings. The predicted molar refractivity (Wildman–Crippen MR) is 106 cm³/mol. The molecule has 0 bridgehead atoms. The van der Waals surface area contributed by atoms with Crippen LogP contribution in [-0.2, 0) is 11.2 Å². The summed E-state index contributed by atoms with van der Waals surface area (Å²) in [6.07, 6.45) is 0.0339. The van der Waals surface area contributed by atoms with Crippen molar-refractivity contribution >= 4 is 22.4 Å². The van der Waals surface area contributed by atoms with Gasteiger partial charge in [0.05, 0.1) is 33.4 Å². The first kappa shape index (κ1) is 19.6. The third kappa shape index (κ3) is 4.40. The van der Waals surface area contributed by atoms with Gasteiger partial charge in [0.25, 0.3) is 0 Å². The number of halogens is 1. The number of anilines is 1. The number of aromatic nitrogens is 1. The van der Waals surface area contributed by atoms with Gasteiger partial charge < -0.3 is 19.5 Å². The van der Waals surface area contributed by atoms with Crippen LogP contribution in [0.1, 0.15) is 5.56 Å². The van der Waals surface area contributed by atoms with Gasteiger partial charge >= 0.3 is 0 Å². The summed E-state index contributed by atoms with van der Waals surface area (Å²) >= 11 is 1.31. The summed E-state index contributed by atoms with van der Waals surface area (Å²) < 4.78 is 29.2. The number of thiazole rings is 1. The van der Waals surface area contributed by atoms with Crippen LogP contribution in [0, 0.1) is 5.82 Å². The number of ether oxygens (including phenoxy) is 3. The lowest BCUT2D eigenvalue weighted by Crippen LogP contribution is -2.14. The molecule has 146 valence electrons. The molecule has 8 heteroatoms. The molecule has 0 saturated carbocycles. The zero-order chi connectivity index (χ0) is 20.1. The summed E-state index contributed by atoms with van der Waals surface area (Å²) in [7, 11) is 4.53. The highest BCUT2D eigenvalue weighted by Gasteiger charge is 2.12. The summed E-state index contributed by atoms with van der Waals surface area (Å²) in [6, 6.07) is 9.91. The Kier molecular flexibility index (Phi) is 6.10. The standard InChI is InChI=1S/C20H19FN2O4S/c1-25-16-6-4-12(8-14(16)21)9-19(24)23-20-22-15(11-28-20)13-5-7-17(26-2)18(10-13)27-3/h4-8,10-11H,9H2,1-3H3,(H,22,23,24). The maximum Gasteiger partial charge on any atom is 0.230 e. The summed E-state index contributed by atoms with van der Waals surface area (Å²) in [5.41, 5.74) is 2.09. The molecule has 0 spiro atoms. The van der Waals surface area contributed by atoms with Crippen molar-refractivity contribution in [2.24, 2.45) is 0 Å². The normalized spacial score (nSPS) is 10.4. The van der Waals surface area contributed by atoms with E-state index in [1.807, 2.05) is 17.5 Å². The monoisotopic (exact) mass is 402 g/mol. The van der Waals surface area contributed by atoms with Crippen molar-refractivity contribution in [3.63, 3.8) is 0 Å². The minimum absolute atomic E-state index is 0.0339. The molecular formula is C20H19FN2O4S. The smallest absolute Gasteiger partial charge is 0.230 e. The highest BCUT2D eigenvalue weighted by atomic mass is 32.1. The highest BCUT2D eigenvalue weighted by Crippen LogP contribution is 2.33. The maximum atomic E-state index is 13.7. The molecule has 1 heterocycles. The molecule has 0 atom stereocenters. The number of carbonyl (C=O) groups excluding carboxylic acids is 1. The van der Waals surface area contributed by atoms with Gasteiger partial charge in [-0.1, -0.05) is 6.07 Å². The second-order valence-electron chi connectivity index (χ2n) is 5.80. The number of hydrogen-bond acceptors (Lipinski definition) is 6. The number of amides is 1. The molecule has 1 amide bonds. The third-order valence-corrected chi connectivity index (χ3v) is 4.77. The molecule has 1 aromatic heterocycles. The van der Waals surface area contributed by atoms with Crippen LogP contribution in [0.2, 0.25) is 0 Å². The molecule has 3 rings (SSSR count). The van der Waals surface area contributed by atoms with E-state index in [9.17, 15) is 9.18 Å². The van der Waals surface area contributed by atoms with Crippen LogP contribution in [0.25, 0.3) is 11.3 Å². The first-order valence-corrected chi connectivity index (χ1v) is 9.22. The zero-order valence-corrected chi connectivity index (χ0v) is 16.4. The molecule has 3 aromatic rings. The van der Waals surface area contributed by atoms with Crippen molar-refractivity contribution in [3.05, 3.63) is 53.2 Å². The average molecular weight is 402 g/mol. The average Bonchev–Trinajstić information content (AvgIpc) is 3.15. The zero-order valence-electron chi connectivity index (χ0n) is 15.6. The van der Waals surface area contributed by atoms with E-state index in [4.69, 9.17) is 14.2 Å². The van der Waals surface area contributed by atoms with Gasteiger partial charge in [-0.25, -0.2) is 9.37 Å². The van der Waals surface area contributed by atoms with Crippen LogP contribution in [0.3, 0.4) is 0 Å². The van der Waals surface area contributed by atoms with Crippen LogP contribution >= 0.6 is 11.3 Å². The Bertz CT molecular complexity index is 990. The Balaban J connectivity index is 1.69. The van der Waals surface area contributed by atoms with Gasteiger partial charge in [0, 0.05) is 10.9 Å². The largest absolute Gasteiger partial charge is 0.494 e. The van der Waals surface area contributed by atoms with Crippen LogP contribution in [-0.4, -0.2) is 32.2 Å². The lowest BCUT2D eigenvalue weighted by molar-refractivity contribution is -0.115. The van der Waals surface area contributed by atoms with Crippen molar-refractivity contribution in [3.8, 4) is 28.5 Å². The van der Waals surface area contributed by atoms with E-state index in [1.165, 1.54) is 30.6 Å². The van der Waals surface area contributed by atoms with Gasteiger partial charge in [0.2, 0.25) is 5.91 Å². The van der Waals surface area contributed by atoms with Crippen LogP contribution in [0.15, 0.2) is 41.8 Å². The molecule has 28 heavy (non-hydrogen) atoms. The van der Waals surface area contributed by atoms with E-state index in [-0.39, 0.29) is 18.1 Å². The Morgan fingerprint density at radius 2 is 1.75 bits per heavy atom. The molecule has 0 radical (unpaired) electrons. The Morgan fingerprint density at radius 3 is 2.43 bits per heavy atom. The van der Waals surface area contributed by atoms with Crippen LogP contribution in [0.5, 0.6) is 17.2 Å². The summed E-state index contributed by atoms with van der Waals surface area (Å²) in [5.74, 6) is 0.584. The van der Waals surface area contributed by atoms with Gasteiger partial charge in [0.15, 0.2) is 28.2 Å². The van der Waals surface area contributed by atoms with Crippen molar-refractivity contribution in [1.82, 2.24) is 4.98 Å². The summed E-state index contributed by atoms with van der Waals surface area (Å²) in [5, 5.41) is 5.04. The van der Waals surface area contributed by atoms with Gasteiger partial charge in [-0.15, -0.1) is 11.3 Å². The Labute approximate surface area is 165 Å². The van der Waals surface area contributed by atoms with Crippen molar-refractivity contribution < 1.29 is 23.4 Å². The number of benzene rings is 2.